The molecule has 1 rings (SSSR count). The third-order valence-corrected chi connectivity index (χ3v) is 1.65. The van der Waals surface area contributed by atoms with Gasteiger partial charge in [0.05, 0.1) is 0 Å². The Labute approximate surface area is 62.1 Å². The topological polar surface area (TPSA) is 27.6 Å². The van der Waals surface area contributed by atoms with E-state index >= 15 is 0 Å². The summed E-state index contributed by atoms with van der Waals surface area (Å²) in [4.78, 5) is 2.10. The minimum Gasteiger partial charge on any atom is -0.343 e. The van der Waals surface area contributed by atoms with Crippen LogP contribution in [0.4, 0.5) is 0 Å². The van der Waals surface area contributed by atoms with Gasteiger partial charge in [-0.1, -0.05) is 13.8 Å². The smallest absolute Gasteiger partial charge is 0.116 e. The Morgan fingerprint density at radius 1 is 1.70 bits per heavy atom. The first-order valence-corrected chi connectivity index (χ1v) is 3.71. The molecule has 0 saturated heterocycles. The van der Waals surface area contributed by atoms with Gasteiger partial charge in [0.2, 0.25) is 0 Å². The SMILES string of the molecule is CC(C)CC1NN=CN1C. The normalized spacial score (nSPS) is 24.0. The molecule has 0 radical (unpaired) electrons. The number of rotatable bonds is 2. The van der Waals surface area contributed by atoms with Crippen molar-refractivity contribution < 1.29 is 0 Å². The molecule has 0 aromatic rings. The third-order valence-electron chi connectivity index (χ3n) is 1.65. The number of hydrazone groups is 1. The van der Waals surface area contributed by atoms with Gasteiger partial charge in [0.1, 0.15) is 12.5 Å². The lowest BCUT2D eigenvalue weighted by Crippen LogP contribution is -2.34. The van der Waals surface area contributed by atoms with Crippen molar-refractivity contribution in [1.82, 2.24) is 10.3 Å². The summed E-state index contributed by atoms with van der Waals surface area (Å²) in [6.45, 7) is 4.43. The van der Waals surface area contributed by atoms with Gasteiger partial charge in [-0.3, -0.25) is 5.43 Å². The van der Waals surface area contributed by atoms with E-state index in [4.69, 9.17) is 0 Å². The average Bonchev–Trinajstić information content (AvgIpc) is 2.15. The first-order valence-electron chi connectivity index (χ1n) is 3.71. The van der Waals surface area contributed by atoms with E-state index in [-0.39, 0.29) is 0 Å². The van der Waals surface area contributed by atoms with E-state index in [1.807, 2.05) is 13.4 Å². The van der Waals surface area contributed by atoms with Crippen molar-refractivity contribution in [3.63, 3.8) is 0 Å². The quantitative estimate of drug-likeness (QED) is 0.617. The van der Waals surface area contributed by atoms with Gasteiger partial charge in [-0.05, 0) is 12.3 Å². The first kappa shape index (κ1) is 7.38. The van der Waals surface area contributed by atoms with Gasteiger partial charge in [-0.15, -0.1) is 0 Å². The number of hydrogen-bond donors (Lipinski definition) is 1. The van der Waals surface area contributed by atoms with Crippen LogP contribution >= 0.6 is 0 Å². The van der Waals surface area contributed by atoms with Gasteiger partial charge >= 0.3 is 0 Å². The molecular weight excluding hydrogens is 126 g/mol. The van der Waals surface area contributed by atoms with Gasteiger partial charge in [0.15, 0.2) is 0 Å². The van der Waals surface area contributed by atoms with E-state index in [9.17, 15) is 0 Å². The van der Waals surface area contributed by atoms with Gasteiger partial charge in [0, 0.05) is 7.05 Å². The molecule has 1 aliphatic heterocycles. The standard InChI is InChI=1S/C7H15N3/c1-6(2)4-7-9-8-5-10(7)3/h5-7,9H,4H2,1-3H3. The molecule has 1 unspecified atom stereocenters. The van der Waals surface area contributed by atoms with Crippen LogP contribution in [-0.2, 0) is 0 Å². The van der Waals surface area contributed by atoms with E-state index < -0.39 is 0 Å². The van der Waals surface area contributed by atoms with Crippen molar-refractivity contribution in [2.24, 2.45) is 11.0 Å². The summed E-state index contributed by atoms with van der Waals surface area (Å²) in [5.41, 5.74) is 3.03. The fourth-order valence-corrected chi connectivity index (χ4v) is 1.05. The van der Waals surface area contributed by atoms with Crippen molar-refractivity contribution in [3.8, 4) is 0 Å². The van der Waals surface area contributed by atoms with E-state index in [1.54, 1.807) is 0 Å². The summed E-state index contributed by atoms with van der Waals surface area (Å²) in [5.74, 6) is 0.724. The molecule has 1 heterocycles. The number of hydrogen-bond acceptors (Lipinski definition) is 3. The molecule has 0 bridgehead atoms. The van der Waals surface area contributed by atoms with Crippen LogP contribution in [-0.4, -0.2) is 24.5 Å². The molecule has 3 nitrogen and oxygen atoms in total. The minimum atomic E-state index is 0.417. The van der Waals surface area contributed by atoms with Crippen molar-refractivity contribution in [2.45, 2.75) is 26.4 Å². The highest BCUT2D eigenvalue weighted by atomic mass is 15.5. The fraction of sp³-hybridized carbons (Fsp3) is 0.857. The highest BCUT2D eigenvalue weighted by Gasteiger charge is 2.16. The Kier molecular flexibility index (Phi) is 2.14. The van der Waals surface area contributed by atoms with Crippen molar-refractivity contribution in [1.29, 1.82) is 0 Å². The second-order valence-corrected chi connectivity index (χ2v) is 3.18. The van der Waals surface area contributed by atoms with E-state index in [0.717, 1.165) is 12.3 Å². The zero-order chi connectivity index (χ0) is 7.56. The van der Waals surface area contributed by atoms with Crippen LogP contribution in [0.3, 0.4) is 0 Å². The van der Waals surface area contributed by atoms with Crippen molar-refractivity contribution >= 4 is 6.34 Å². The molecule has 0 aromatic heterocycles. The lowest BCUT2D eigenvalue weighted by molar-refractivity contribution is 0.300. The van der Waals surface area contributed by atoms with Crippen LogP contribution in [0.2, 0.25) is 0 Å². The second-order valence-electron chi connectivity index (χ2n) is 3.18. The summed E-state index contributed by atoms with van der Waals surface area (Å²) >= 11 is 0. The first-order chi connectivity index (χ1) is 4.70. The Morgan fingerprint density at radius 2 is 2.40 bits per heavy atom. The maximum Gasteiger partial charge on any atom is 0.116 e. The summed E-state index contributed by atoms with van der Waals surface area (Å²) < 4.78 is 0. The summed E-state index contributed by atoms with van der Waals surface area (Å²) in [5, 5.41) is 3.95. The van der Waals surface area contributed by atoms with Crippen molar-refractivity contribution in [3.05, 3.63) is 0 Å². The van der Waals surface area contributed by atoms with Gasteiger partial charge in [-0.25, -0.2) is 0 Å². The summed E-state index contributed by atoms with van der Waals surface area (Å²) in [7, 11) is 2.04. The van der Waals surface area contributed by atoms with Crippen LogP contribution in [0.1, 0.15) is 20.3 Å². The van der Waals surface area contributed by atoms with Gasteiger partial charge in [-0.2, -0.15) is 5.10 Å². The summed E-state index contributed by atoms with van der Waals surface area (Å²) in [6, 6.07) is 0. The van der Waals surface area contributed by atoms with Crippen LogP contribution in [0.15, 0.2) is 5.10 Å². The highest BCUT2D eigenvalue weighted by molar-refractivity contribution is 5.56. The monoisotopic (exact) mass is 141 g/mol. The van der Waals surface area contributed by atoms with E-state index in [2.05, 4.69) is 29.3 Å². The summed E-state index contributed by atoms with van der Waals surface area (Å²) in [6.07, 6.45) is 3.39. The molecule has 0 spiro atoms. The molecule has 0 fully saturated rings. The molecule has 3 heteroatoms. The molecule has 1 aliphatic rings. The van der Waals surface area contributed by atoms with Crippen LogP contribution < -0.4 is 5.43 Å². The Balaban J connectivity index is 2.30. The largest absolute Gasteiger partial charge is 0.343 e. The molecule has 0 aromatic carbocycles. The van der Waals surface area contributed by atoms with E-state index in [1.165, 1.54) is 0 Å². The molecule has 58 valence electrons. The Hall–Kier alpha value is -0.730. The molecule has 0 saturated carbocycles. The maximum absolute atomic E-state index is 3.95. The molecule has 0 amide bonds. The number of nitrogens with one attached hydrogen (secondary N) is 1. The van der Waals surface area contributed by atoms with Gasteiger partial charge < -0.3 is 4.90 Å². The van der Waals surface area contributed by atoms with Crippen LogP contribution in [0.25, 0.3) is 0 Å². The number of nitrogens with zero attached hydrogens (tertiary/aromatic N) is 2. The van der Waals surface area contributed by atoms with Crippen LogP contribution in [0, 0.1) is 5.92 Å². The zero-order valence-corrected chi connectivity index (χ0v) is 6.83. The highest BCUT2D eigenvalue weighted by Crippen LogP contribution is 2.08. The molecule has 1 N–H and O–H groups in total. The maximum atomic E-state index is 3.95. The Morgan fingerprint density at radius 3 is 2.80 bits per heavy atom. The minimum absolute atomic E-state index is 0.417. The molecule has 0 aliphatic carbocycles. The lowest BCUT2D eigenvalue weighted by atomic mass is 10.1. The predicted octanol–water partition coefficient (Wildman–Crippen LogP) is 0.837. The lowest BCUT2D eigenvalue weighted by Gasteiger charge is -2.20. The molecule has 10 heavy (non-hydrogen) atoms. The zero-order valence-electron chi connectivity index (χ0n) is 6.83. The van der Waals surface area contributed by atoms with Crippen molar-refractivity contribution in [2.75, 3.05) is 7.05 Å². The second kappa shape index (κ2) is 2.90. The van der Waals surface area contributed by atoms with E-state index in [0.29, 0.717) is 6.17 Å². The fourth-order valence-electron chi connectivity index (χ4n) is 1.05. The van der Waals surface area contributed by atoms with Gasteiger partial charge in [0.25, 0.3) is 0 Å². The predicted molar refractivity (Wildman–Crippen MR) is 42.6 cm³/mol. The Bertz CT molecular complexity index is 131. The average molecular weight is 141 g/mol. The molecule has 1 atom stereocenters. The van der Waals surface area contributed by atoms with Crippen LogP contribution in [0.5, 0.6) is 0 Å². The third kappa shape index (κ3) is 1.62. The molecular formula is C7H15N3.